The van der Waals surface area contributed by atoms with E-state index in [1.807, 2.05) is 10.8 Å². The maximum atomic E-state index is 10.8. The molecule has 2 rings (SSSR count). The molecular weight excluding hydrogens is 314 g/mol. The Morgan fingerprint density at radius 2 is 2.37 bits per heavy atom. The fourth-order valence-electron chi connectivity index (χ4n) is 1.60. The molecule has 2 aromatic heterocycles. The van der Waals surface area contributed by atoms with Crippen molar-refractivity contribution in [2.75, 3.05) is 11.9 Å². The molecule has 0 aromatic carbocycles. The van der Waals surface area contributed by atoms with Gasteiger partial charge in [-0.15, -0.1) is 0 Å². The van der Waals surface area contributed by atoms with Gasteiger partial charge < -0.3 is 9.88 Å². The highest BCUT2D eigenvalue weighted by Gasteiger charge is 2.16. The molecule has 0 saturated heterocycles. The van der Waals surface area contributed by atoms with Crippen molar-refractivity contribution in [3.05, 3.63) is 45.1 Å². The normalized spacial score (nSPS) is 10.4. The Kier molecular flexibility index (Phi) is 4.10. The summed E-state index contributed by atoms with van der Waals surface area (Å²) in [7, 11) is 0. The first-order valence-corrected chi connectivity index (χ1v) is 6.38. The molecule has 0 atom stereocenters. The summed E-state index contributed by atoms with van der Waals surface area (Å²) in [6.45, 7) is 3.08. The Morgan fingerprint density at radius 3 is 3.00 bits per heavy atom. The number of aromatic nitrogens is 3. The predicted octanol–water partition coefficient (Wildman–Crippen LogP) is 2.37. The van der Waals surface area contributed by atoms with Gasteiger partial charge in [0.1, 0.15) is 12.0 Å². The van der Waals surface area contributed by atoms with Crippen LogP contribution in [-0.2, 0) is 6.54 Å². The topological polar surface area (TPSA) is 85.9 Å². The maximum Gasteiger partial charge on any atom is 0.291 e. The highest BCUT2D eigenvalue weighted by atomic mass is 79.9. The standard InChI is InChI=1S/C11H12BrN5O2/c1-8-9(17(18)19)6-15-11(10(8)12)14-3-5-16-4-2-13-7-16/h2,4,6-7H,3,5H2,1H3,(H,14,15). The van der Waals surface area contributed by atoms with Crippen molar-refractivity contribution in [2.45, 2.75) is 13.5 Å². The lowest BCUT2D eigenvalue weighted by molar-refractivity contribution is -0.385. The van der Waals surface area contributed by atoms with E-state index in [1.54, 1.807) is 19.4 Å². The van der Waals surface area contributed by atoms with Crippen LogP contribution in [0.25, 0.3) is 0 Å². The molecule has 19 heavy (non-hydrogen) atoms. The van der Waals surface area contributed by atoms with Crippen LogP contribution in [0.15, 0.2) is 29.4 Å². The fraction of sp³-hybridized carbons (Fsp3) is 0.273. The maximum absolute atomic E-state index is 10.8. The number of nitro groups is 1. The van der Waals surface area contributed by atoms with E-state index >= 15 is 0 Å². The number of rotatable bonds is 5. The highest BCUT2D eigenvalue weighted by Crippen LogP contribution is 2.30. The summed E-state index contributed by atoms with van der Waals surface area (Å²) >= 11 is 3.33. The number of nitrogens with one attached hydrogen (secondary N) is 1. The van der Waals surface area contributed by atoms with E-state index in [0.717, 1.165) is 6.54 Å². The van der Waals surface area contributed by atoms with Crippen LogP contribution < -0.4 is 5.32 Å². The second kappa shape index (κ2) is 5.79. The zero-order valence-corrected chi connectivity index (χ0v) is 11.8. The molecule has 2 heterocycles. The lowest BCUT2D eigenvalue weighted by atomic mass is 10.2. The molecule has 0 radical (unpaired) electrons. The minimum Gasteiger partial charge on any atom is -0.367 e. The Bertz CT molecular complexity index is 585. The average molecular weight is 326 g/mol. The lowest BCUT2D eigenvalue weighted by Gasteiger charge is -2.09. The van der Waals surface area contributed by atoms with Gasteiger partial charge in [0, 0.05) is 31.0 Å². The quantitative estimate of drug-likeness (QED) is 0.673. The van der Waals surface area contributed by atoms with Crippen molar-refractivity contribution in [1.29, 1.82) is 0 Å². The molecule has 0 saturated carbocycles. The fourth-order valence-corrected chi connectivity index (χ4v) is 2.04. The number of pyridine rings is 1. The number of imidazole rings is 1. The Morgan fingerprint density at radius 1 is 1.58 bits per heavy atom. The summed E-state index contributed by atoms with van der Waals surface area (Å²) in [6.07, 6.45) is 6.57. The van der Waals surface area contributed by atoms with E-state index in [9.17, 15) is 10.1 Å². The molecular formula is C11H12BrN5O2. The van der Waals surface area contributed by atoms with E-state index in [0.29, 0.717) is 22.4 Å². The second-order valence-electron chi connectivity index (χ2n) is 3.92. The van der Waals surface area contributed by atoms with Crippen molar-refractivity contribution in [2.24, 2.45) is 0 Å². The zero-order chi connectivity index (χ0) is 13.8. The van der Waals surface area contributed by atoms with Gasteiger partial charge in [-0.25, -0.2) is 9.97 Å². The summed E-state index contributed by atoms with van der Waals surface area (Å²) < 4.78 is 2.55. The first-order valence-electron chi connectivity index (χ1n) is 5.58. The SMILES string of the molecule is Cc1c([N+](=O)[O-])cnc(NCCn2ccnc2)c1Br. The summed E-state index contributed by atoms with van der Waals surface area (Å²) in [4.78, 5) is 18.3. The van der Waals surface area contributed by atoms with Crippen molar-refractivity contribution in [1.82, 2.24) is 14.5 Å². The van der Waals surface area contributed by atoms with E-state index in [1.165, 1.54) is 6.20 Å². The van der Waals surface area contributed by atoms with Crippen LogP contribution in [-0.4, -0.2) is 26.0 Å². The third-order valence-electron chi connectivity index (χ3n) is 2.66. The number of halogens is 1. The smallest absolute Gasteiger partial charge is 0.291 e. The summed E-state index contributed by atoms with van der Waals surface area (Å²) in [5.74, 6) is 0.600. The third kappa shape index (κ3) is 3.08. The number of anilines is 1. The first kappa shape index (κ1) is 13.5. The van der Waals surface area contributed by atoms with Crippen LogP contribution in [0.5, 0.6) is 0 Å². The zero-order valence-electron chi connectivity index (χ0n) is 10.2. The van der Waals surface area contributed by atoms with Crippen LogP contribution in [0.4, 0.5) is 11.5 Å². The van der Waals surface area contributed by atoms with Gasteiger partial charge >= 0.3 is 0 Å². The van der Waals surface area contributed by atoms with Gasteiger partial charge in [-0.1, -0.05) is 0 Å². The molecule has 0 aliphatic rings. The largest absolute Gasteiger partial charge is 0.367 e. The molecule has 0 unspecified atom stereocenters. The molecule has 0 amide bonds. The number of nitrogens with zero attached hydrogens (tertiary/aromatic N) is 4. The van der Waals surface area contributed by atoms with Crippen molar-refractivity contribution in [3.63, 3.8) is 0 Å². The van der Waals surface area contributed by atoms with Crippen molar-refractivity contribution >= 4 is 27.4 Å². The average Bonchev–Trinajstić information content (AvgIpc) is 2.87. The van der Waals surface area contributed by atoms with Crippen LogP contribution in [0.1, 0.15) is 5.56 Å². The van der Waals surface area contributed by atoms with Gasteiger partial charge in [0.25, 0.3) is 5.69 Å². The van der Waals surface area contributed by atoms with E-state index < -0.39 is 4.92 Å². The minimum absolute atomic E-state index is 0.00651. The summed E-state index contributed by atoms with van der Waals surface area (Å²) in [5, 5.41) is 13.9. The van der Waals surface area contributed by atoms with Crippen LogP contribution in [0.3, 0.4) is 0 Å². The van der Waals surface area contributed by atoms with Gasteiger partial charge in [0.15, 0.2) is 0 Å². The molecule has 0 spiro atoms. The highest BCUT2D eigenvalue weighted by molar-refractivity contribution is 9.10. The van der Waals surface area contributed by atoms with Crippen LogP contribution in [0, 0.1) is 17.0 Å². The molecule has 8 heteroatoms. The second-order valence-corrected chi connectivity index (χ2v) is 4.71. The van der Waals surface area contributed by atoms with Crippen LogP contribution >= 0.6 is 15.9 Å². The molecule has 7 nitrogen and oxygen atoms in total. The predicted molar refractivity (Wildman–Crippen MR) is 74.0 cm³/mol. The number of hydrogen-bond donors (Lipinski definition) is 1. The first-order chi connectivity index (χ1) is 9.09. The van der Waals surface area contributed by atoms with Crippen molar-refractivity contribution in [3.8, 4) is 0 Å². The van der Waals surface area contributed by atoms with E-state index in [2.05, 4.69) is 31.2 Å². The molecule has 0 aliphatic carbocycles. The van der Waals surface area contributed by atoms with Gasteiger partial charge in [-0.3, -0.25) is 10.1 Å². The van der Waals surface area contributed by atoms with Gasteiger partial charge in [-0.05, 0) is 22.9 Å². The summed E-state index contributed by atoms with van der Waals surface area (Å²) in [6, 6.07) is 0. The molecule has 2 aromatic rings. The molecule has 0 aliphatic heterocycles. The lowest BCUT2D eigenvalue weighted by Crippen LogP contribution is -2.11. The Balaban J connectivity index is 2.05. The minimum atomic E-state index is -0.442. The van der Waals surface area contributed by atoms with Crippen molar-refractivity contribution < 1.29 is 4.92 Å². The number of hydrogen-bond acceptors (Lipinski definition) is 5. The van der Waals surface area contributed by atoms with Gasteiger partial charge in [0.05, 0.1) is 15.7 Å². The Hall–Kier alpha value is -1.96. The van der Waals surface area contributed by atoms with Crippen LogP contribution in [0.2, 0.25) is 0 Å². The molecule has 0 bridgehead atoms. The van der Waals surface area contributed by atoms with E-state index in [-0.39, 0.29) is 5.69 Å². The van der Waals surface area contributed by atoms with Gasteiger partial charge in [-0.2, -0.15) is 0 Å². The Labute approximate surface area is 118 Å². The van der Waals surface area contributed by atoms with Gasteiger partial charge in [0.2, 0.25) is 0 Å². The third-order valence-corrected chi connectivity index (χ3v) is 3.63. The molecule has 0 fully saturated rings. The monoisotopic (exact) mass is 325 g/mol. The van der Waals surface area contributed by atoms with E-state index in [4.69, 9.17) is 0 Å². The summed E-state index contributed by atoms with van der Waals surface area (Å²) in [5.41, 5.74) is 0.567. The molecule has 1 N–H and O–H groups in total. The molecule has 100 valence electrons.